The molecule has 1 saturated carbocycles. The molecule has 0 bridgehead atoms. The van der Waals surface area contributed by atoms with Crippen molar-refractivity contribution in [2.75, 3.05) is 18.6 Å². The normalized spacial score (nSPS) is 30.5. The van der Waals surface area contributed by atoms with Crippen molar-refractivity contribution < 1.29 is 60.0 Å². The van der Waals surface area contributed by atoms with Crippen molar-refractivity contribution in [3.8, 4) is 5.75 Å². The van der Waals surface area contributed by atoms with E-state index in [0.29, 0.717) is 17.0 Å². The van der Waals surface area contributed by atoms with Crippen LogP contribution in [-0.4, -0.2) is 41.5 Å². The van der Waals surface area contributed by atoms with Crippen LogP contribution in [0.1, 0.15) is 35.6 Å². The summed E-state index contributed by atoms with van der Waals surface area (Å²) in [6.45, 7) is -0.157. The summed E-state index contributed by atoms with van der Waals surface area (Å²) in [5.74, 6) is -10.4. The number of phenolic OH excluding ortho intramolecular Hbond substituents is 1. The van der Waals surface area contributed by atoms with E-state index < -0.39 is 88.1 Å². The summed E-state index contributed by atoms with van der Waals surface area (Å²) in [5, 5.41) is 21.2. The molecule has 2 aromatic rings. The Labute approximate surface area is 222 Å². The number of fused-ring (bicyclic) bond motifs is 3. The smallest absolute Gasteiger partial charge is 0.416 e. The molecule has 0 aromatic heterocycles. The molecule has 0 radical (unpaired) electrons. The maximum atomic E-state index is 14.0. The number of hydrogen-bond acceptors (Lipinski definition) is 6. The summed E-state index contributed by atoms with van der Waals surface area (Å²) in [5.41, 5.74) is -4.08. The number of ether oxygens (including phenoxy) is 2. The zero-order chi connectivity index (χ0) is 29.4. The molecule has 3 fully saturated rings. The molecule has 40 heavy (non-hydrogen) atoms. The van der Waals surface area contributed by atoms with E-state index in [1.807, 2.05) is 0 Å². The third-order valence-corrected chi connectivity index (χ3v) is 7.91. The maximum Gasteiger partial charge on any atom is 0.416 e. The number of methoxy groups -OCH3 is 1. The van der Waals surface area contributed by atoms with E-state index in [0.717, 1.165) is 12.1 Å². The first kappa shape index (κ1) is 28.3. The van der Waals surface area contributed by atoms with Crippen LogP contribution in [0, 0.1) is 29.5 Å². The van der Waals surface area contributed by atoms with Crippen LogP contribution in [0.2, 0.25) is 0 Å². The molecule has 2 aromatic carbocycles. The minimum atomic E-state index is -5.20. The highest BCUT2D eigenvalue weighted by Crippen LogP contribution is 2.59. The fourth-order valence-electron chi connectivity index (χ4n) is 6.13. The van der Waals surface area contributed by atoms with Gasteiger partial charge in [0.1, 0.15) is 0 Å². The molecule has 3 aliphatic rings. The highest BCUT2D eigenvalue weighted by Gasteiger charge is 2.67. The number of benzene rings is 2. The number of rotatable bonds is 4. The number of aromatic hydroxyl groups is 1. The minimum absolute atomic E-state index is 0.110. The Morgan fingerprint density at radius 1 is 1.00 bits per heavy atom. The van der Waals surface area contributed by atoms with Gasteiger partial charge in [0.2, 0.25) is 11.8 Å². The van der Waals surface area contributed by atoms with Crippen molar-refractivity contribution in [2.24, 2.45) is 23.7 Å². The van der Waals surface area contributed by atoms with Crippen LogP contribution < -0.4 is 4.90 Å². The van der Waals surface area contributed by atoms with Crippen LogP contribution in [0.5, 0.6) is 5.75 Å². The Kier molecular flexibility index (Phi) is 6.66. The second-order valence-corrected chi connectivity index (χ2v) is 10.2. The molecule has 2 amide bonds. The van der Waals surface area contributed by atoms with Gasteiger partial charge in [-0.15, -0.1) is 0 Å². The second kappa shape index (κ2) is 9.42. The van der Waals surface area contributed by atoms with Gasteiger partial charge in [-0.3, -0.25) is 14.5 Å². The fourth-order valence-corrected chi connectivity index (χ4v) is 6.13. The number of anilines is 1. The Hall–Kier alpha value is -3.23. The van der Waals surface area contributed by atoms with Crippen molar-refractivity contribution in [3.05, 3.63) is 58.9 Å². The SMILES string of the molecule is COC[C@H]1C[C@@H]2C(=O)N(c3cc(C(F)(F)F)cc(C(F)(F)F)c3)C(=O)[C@@H]2[C@@H]2C[C@@H](c3ccc(O)c(F)c3)O[C@]12O. The topological polar surface area (TPSA) is 96.3 Å². The van der Waals surface area contributed by atoms with Gasteiger partial charge in [0, 0.05) is 18.9 Å². The standard InChI is InChI=1S/C26H22F7NO6/c1-39-10-14-8-16-21(17-9-20(40-24(14,17)38)11-2-3-19(35)18(27)4-11)23(37)34(22(16)36)15-6-12(25(28,29)30)5-13(7-15)26(31,32)33/h2-7,14,16-17,20-21,35,38H,8-10H2,1H3/t14-,16+,17+,20+,21+,24-/m1/s1. The predicted molar refractivity (Wildman–Crippen MR) is 121 cm³/mol. The van der Waals surface area contributed by atoms with Crippen molar-refractivity contribution in [1.82, 2.24) is 0 Å². The van der Waals surface area contributed by atoms with E-state index in [-0.39, 0.29) is 31.1 Å². The van der Waals surface area contributed by atoms with Crippen molar-refractivity contribution in [2.45, 2.75) is 37.1 Å². The number of carbonyl (C=O) groups excluding carboxylic acids is 2. The number of carbonyl (C=O) groups is 2. The van der Waals surface area contributed by atoms with Gasteiger partial charge in [0.15, 0.2) is 17.4 Å². The first-order chi connectivity index (χ1) is 18.6. The van der Waals surface area contributed by atoms with Crippen molar-refractivity contribution in [3.63, 3.8) is 0 Å². The van der Waals surface area contributed by atoms with Crippen molar-refractivity contribution >= 4 is 17.5 Å². The highest BCUT2D eigenvalue weighted by molar-refractivity contribution is 6.22. The van der Waals surface area contributed by atoms with Gasteiger partial charge in [0.05, 0.1) is 41.4 Å². The number of phenols is 1. The van der Waals surface area contributed by atoms with Gasteiger partial charge in [-0.05, 0) is 48.7 Å². The highest BCUT2D eigenvalue weighted by atomic mass is 19.4. The van der Waals surface area contributed by atoms with Gasteiger partial charge in [-0.1, -0.05) is 6.07 Å². The average Bonchev–Trinajstić information content (AvgIpc) is 3.34. The summed E-state index contributed by atoms with van der Waals surface area (Å²) >= 11 is 0. The van der Waals surface area contributed by atoms with Crippen LogP contribution in [0.15, 0.2) is 36.4 Å². The quantitative estimate of drug-likeness (QED) is 0.400. The van der Waals surface area contributed by atoms with Gasteiger partial charge in [0.25, 0.3) is 0 Å². The predicted octanol–water partition coefficient (Wildman–Crippen LogP) is 4.81. The molecule has 2 saturated heterocycles. The molecular weight excluding hydrogens is 555 g/mol. The van der Waals surface area contributed by atoms with E-state index in [2.05, 4.69) is 0 Å². The Balaban J connectivity index is 1.57. The number of imide groups is 1. The van der Waals surface area contributed by atoms with E-state index in [4.69, 9.17) is 9.47 Å². The number of aliphatic hydroxyl groups is 1. The summed E-state index contributed by atoms with van der Waals surface area (Å²) < 4.78 is 106. The van der Waals surface area contributed by atoms with Crippen LogP contribution in [-0.2, 0) is 31.4 Å². The zero-order valence-electron chi connectivity index (χ0n) is 20.6. The molecule has 2 heterocycles. The van der Waals surface area contributed by atoms with Gasteiger partial charge >= 0.3 is 12.4 Å². The van der Waals surface area contributed by atoms with E-state index in [1.54, 1.807) is 0 Å². The monoisotopic (exact) mass is 577 g/mol. The van der Waals surface area contributed by atoms with Gasteiger partial charge in [-0.25, -0.2) is 4.39 Å². The number of halogens is 7. The summed E-state index contributed by atoms with van der Waals surface area (Å²) in [4.78, 5) is 27.4. The molecule has 2 N–H and O–H groups in total. The van der Waals surface area contributed by atoms with Crippen LogP contribution in [0.25, 0.3) is 0 Å². The summed E-state index contributed by atoms with van der Waals surface area (Å²) in [6, 6.07) is 3.86. The van der Waals surface area contributed by atoms with Crippen LogP contribution in [0.4, 0.5) is 36.4 Å². The molecule has 14 heteroatoms. The number of hydrogen-bond donors (Lipinski definition) is 2. The molecule has 2 aliphatic heterocycles. The Morgan fingerprint density at radius 2 is 1.62 bits per heavy atom. The van der Waals surface area contributed by atoms with Crippen LogP contribution in [0.3, 0.4) is 0 Å². The third kappa shape index (κ3) is 4.51. The molecule has 216 valence electrons. The van der Waals surface area contributed by atoms with Crippen molar-refractivity contribution in [1.29, 1.82) is 0 Å². The lowest BCUT2D eigenvalue weighted by Gasteiger charge is -2.44. The number of alkyl halides is 6. The lowest BCUT2D eigenvalue weighted by molar-refractivity contribution is -0.275. The van der Waals surface area contributed by atoms with Gasteiger partial charge in [-0.2, -0.15) is 26.3 Å². The Morgan fingerprint density at radius 3 is 2.17 bits per heavy atom. The second-order valence-electron chi connectivity index (χ2n) is 10.2. The number of amides is 2. The average molecular weight is 577 g/mol. The Bertz CT molecular complexity index is 1330. The fraction of sp³-hybridized carbons (Fsp3) is 0.462. The molecular formula is C26H22F7NO6. The lowest BCUT2D eigenvalue weighted by Crippen LogP contribution is -2.54. The van der Waals surface area contributed by atoms with E-state index in [1.165, 1.54) is 13.2 Å². The first-order valence-corrected chi connectivity index (χ1v) is 12.1. The molecule has 0 spiro atoms. The molecule has 0 unspecified atom stereocenters. The van der Waals surface area contributed by atoms with E-state index >= 15 is 0 Å². The summed E-state index contributed by atoms with van der Waals surface area (Å²) in [7, 11) is 1.31. The summed E-state index contributed by atoms with van der Waals surface area (Å²) in [6.07, 6.45) is -11.8. The first-order valence-electron chi connectivity index (χ1n) is 12.1. The largest absolute Gasteiger partial charge is 0.505 e. The molecule has 7 nitrogen and oxygen atoms in total. The van der Waals surface area contributed by atoms with Crippen LogP contribution >= 0.6 is 0 Å². The molecule has 6 atom stereocenters. The zero-order valence-corrected chi connectivity index (χ0v) is 20.6. The number of nitrogens with zero attached hydrogens (tertiary/aromatic N) is 1. The molecule has 5 rings (SSSR count). The lowest BCUT2D eigenvalue weighted by atomic mass is 9.64. The third-order valence-electron chi connectivity index (χ3n) is 7.91. The van der Waals surface area contributed by atoms with E-state index in [9.17, 15) is 50.5 Å². The van der Waals surface area contributed by atoms with Gasteiger partial charge < -0.3 is 19.7 Å². The maximum absolute atomic E-state index is 14.0. The minimum Gasteiger partial charge on any atom is -0.505 e. The molecule has 1 aliphatic carbocycles.